The Labute approximate surface area is 65.6 Å². The highest BCUT2D eigenvalue weighted by molar-refractivity contribution is 8.76. The zero-order valence-corrected chi connectivity index (χ0v) is 7.56. The molecule has 56 valence electrons. The highest BCUT2D eigenvalue weighted by Crippen LogP contribution is 2.21. The summed E-state index contributed by atoms with van der Waals surface area (Å²) in [5, 5.41) is 0. The van der Waals surface area contributed by atoms with Crippen LogP contribution < -0.4 is 5.73 Å². The van der Waals surface area contributed by atoms with Gasteiger partial charge in [0.15, 0.2) is 0 Å². The van der Waals surface area contributed by atoms with Crippen molar-refractivity contribution in [1.29, 1.82) is 0 Å². The minimum absolute atomic E-state index is 0.809. The molecule has 2 N–H and O–H groups in total. The number of hydrogen-bond donors (Lipinski definition) is 1. The van der Waals surface area contributed by atoms with Crippen LogP contribution in [-0.4, -0.2) is 18.1 Å². The molecule has 9 heavy (non-hydrogen) atoms. The van der Waals surface area contributed by atoms with Crippen LogP contribution in [0.25, 0.3) is 0 Å². The summed E-state index contributed by atoms with van der Waals surface area (Å²) in [5.41, 5.74) is 5.31. The lowest BCUT2D eigenvalue weighted by Gasteiger charge is -1.95. The normalized spacial score (nSPS) is 10.0. The van der Waals surface area contributed by atoms with Gasteiger partial charge in [0, 0.05) is 18.1 Å². The monoisotopic (exact) mass is 165 g/mol. The van der Waals surface area contributed by atoms with Crippen LogP contribution >= 0.6 is 21.6 Å². The van der Waals surface area contributed by atoms with Crippen molar-refractivity contribution in [1.82, 2.24) is 0 Å². The summed E-state index contributed by atoms with van der Waals surface area (Å²) in [6, 6.07) is 0. The molecule has 0 spiro atoms. The van der Waals surface area contributed by atoms with Crippen molar-refractivity contribution in [3.05, 3.63) is 0 Å². The first-order valence-corrected chi connectivity index (χ1v) is 5.85. The van der Waals surface area contributed by atoms with Gasteiger partial charge in [-0.3, -0.25) is 0 Å². The largest absolute Gasteiger partial charge is 0.330 e. The van der Waals surface area contributed by atoms with Crippen molar-refractivity contribution in [2.24, 2.45) is 5.73 Å². The van der Waals surface area contributed by atoms with E-state index < -0.39 is 0 Å². The molecular weight excluding hydrogens is 150 g/mol. The molecule has 3 heteroatoms. The fourth-order valence-corrected chi connectivity index (χ4v) is 2.46. The topological polar surface area (TPSA) is 26.0 Å². The summed E-state index contributed by atoms with van der Waals surface area (Å²) in [6.07, 6.45) is 2.64. The summed E-state index contributed by atoms with van der Waals surface area (Å²) < 4.78 is 0. The first-order chi connectivity index (χ1) is 4.41. The lowest BCUT2D eigenvalue weighted by Crippen LogP contribution is -1.99. The summed E-state index contributed by atoms with van der Waals surface area (Å²) in [5.74, 6) is 2.37. The molecule has 0 radical (unpaired) electrons. The van der Waals surface area contributed by atoms with Crippen molar-refractivity contribution < 1.29 is 0 Å². The molecule has 0 saturated heterocycles. The van der Waals surface area contributed by atoms with Crippen LogP contribution in [0, 0.1) is 0 Å². The van der Waals surface area contributed by atoms with E-state index in [1.165, 1.54) is 18.6 Å². The Morgan fingerprint density at radius 1 is 1.22 bits per heavy atom. The molecular formula is C6H15NS2. The molecule has 0 aromatic carbocycles. The van der Waals surface area contributed by atoms with E-state index in [2.05, 4.69) is 6.92 Å². The Hall–Kier alpha value is 0.660. The van der Waals surface area contributed by atoms with Crippen molar-refractivity contribution in [2.75, 3.05) is 18.1 Å². The van der Waals surface area contributed by atoms with Crippen LogP contribution in [0.3, 0.4) is 0 Å². The van der Waals surface area contributed by atoms with Gasteiger partial charge in [-0.05, 0) is 6.42 Å². The van der Waals surface area contributed by atoms with E-state index in [9.17, 15) is 0 Å². The van der Waals surface area contributed by atoms with Crippen molar-refractivity contribution in [3.63, 3.8) is 0 Å². The van der Waals surface area contributed by atoms with Gasteiger partial charge in [-0.1, -0.05) is 34.9 Å². The van der Waals surface area contributed by atoms with Gasteiger partial charge in [-0.25, -0.2) is 0 Å². The maximum Gasteiger partial charge on any atom is 0.0160 e. The fourth-order valence-electron chi connectivity index (χ4n) is 0.369. The van der Waals surface area contributed by atoms with Gasteiger partial charge >= 0.3 is 0 Å². The zero-order valence-electron chi connectivity index (χ0n) is 5.93. The minimum Gasteiger partial charge on any atom is -0.330 e. The Kier molecular flexibility index (Phi) is 9.30. The van der Waals surface area contributed by atoms with E-state index in [1.54, 1.807) is 0 Å². The second-order valence-corrected chi connectivity index (χ2v) is 4.49. The van der Waals surface area contributed by atoms with E-state index in [-0.39, 0.29) is 0 Å². The Balaban J connectivity index is 2.60. The number of rotatable bonds is 6. The predicted molar refractivity (Wildman–Crippen MR) is 48.9 cm³/mol. The van der Waals surface area contributed by atoms with Crippen molar-refractivity contribution in [3.8, 4) is 0 Å². The predicted octanol–water partition coefficient (Wildman–Crippen LogP) is 2.13. The Bertz CT molecular complexity index is 44.3. The summed E-state index contributed by atoms with van der Waals surface area (Å²) in [7, 11) is 3.82. The van der Waals surface area contributed by atoms with E-state index in [1.807, 2.05) is 21.6 Å². The molecule has 0 amide bonds. The lowest BCUT2D eigenvalue weighted by atomic mass is 10.4. The molecule has 0 aromatic rings. The van der Waals surface area contributed by atoms with E-state index in [4.69, 9.17) is 5.73 Å². The molecule has 0 rings (SSSR count). The maximum atomic E-state index is 5.31. The van der Waals surface area contributed by atoms with Crippen LogP contribution in [0.15, 0.2) is 0 Å². The molecule has 0 bridgehead atoms. The third kappa shape index (κ3) is 8.66. The number of nitrogens with two attached hydrogens (primary N) is 1. The second kappa shape index (κ2) is 8.66. The van der Waals surface area contributed by atoms with E-state index in [0.717, 1.165) is 12.3 Å². The number of unbranched alkanes of at least 4 members (excludes halogenated alkanes) is 1. The highest BCUT2D eigenvalue weighted by Gasteiger charge is 1.86. The van der Waals surface area contributed by atoms with Crippen LogP contribution in [0.4, 0.5) is 0 Å². The van der Waals surface area contributed by atoms with Crippen molar-refractivity contribution in [2.45, 2.75) is 19.8 Å². The third-order valence-electron chi connectivity index (χ3n) is 0.866. The highest BCUT2D eigenvalue weighted by atomic mass is 33.1. The molecule has 0 aliphatic rings. The smallest absolute Gasteiger partial charge is 0.0160 e. The third-order valence-corrected chi connectivity index (χ3v) is 3.39. The molecule has 0 atom stereocenters. The summed E-state index contributed by atoms with van der Waals surface area (Å²) in [4.78, 5) is 0. The van der Waals surface area contributed by atoms with Gasteiger partial charge < -0.3 is 5.73 Å². The van der Waals surface area contributed by atoms with Crippen LogP contribution in [0.5, 0.6) is 0 Å². The van der Waals surface area contributed by atoms with Gasteiger partial charge in [0.1, 0.15) is 0 Å². The molecule has 0 aromatic heterocycles. The van der Waals surface area contributed by atoms with Crippen LogP contribution in [0.2, 0.25) is 0 Å². The quantitative estimate of drug-likeness (QED) is 0.482. The first-order valence-electron chi connectivity index (χ1n) is 3.36. The summed E-state index contributed by atoms with van der Waals surface area (Å²) in [6.45, 7) is 3.03. The van der Waals surface area contributed by atoms with Gasteiger partial charge in [-0.15, -0.1) is 0 Å². The molecule has 0 saturated carbocycles. The van der Waals surface area contributed by atoms with Crippen LogP contribution in [0.1, 0.15) is 19.8 Å². The molecule has 1 nitrogen and oxygen atoms in total. The van der Waals surface area contributed by atoms with E-state index in [0.29, 0.717) is 0 Å². The second-order valence-electron chi connectivity index (χ2n) is 1.79. The average molecular weight is 165 g/mol. The van der Waals surface area contributed by atoms with Gasteiger partial charge in [0.05, 0.1) is 0 Å². The SMILES string of the molecule is CCCCSSCCN. The van der Waals surface area contributed by atoms with Crippen molar-refractivity contribution >= 4 is 21.6 Å². The van der Waals surface area contributed by atoms with Gasteiger partial charge in [-0.2, -0.15) is 0 Å². The van der Waals surface area contributed by atoms with Gasteiger partial charge in [0.25, 0.3) is 0 Å². The first kappa shape index (κ1) is 9.66. The fraction of sp³-hybridized carbons (Fsp3) is 1.00. The molecule has 0 heterocycles. The van der Waals surface area contributed by atoms with E-state index >= 15 is 0 Å². The molecule has 0 aliphatic heterocycles. The Morgan fingerprint density at radius 3 is 2.44 bits per heavy atom. The Morgan fingerprint density at radius 2 is 1.89 bits per heavy atom. The maximum absolute atomic E-state index is 5.31. The van der Waals surface area contributed by atoms with Gasteiger partial charge in [0.2, 0.25) is 0 Å². The molecule has 0 fully saturated rings. The average Bonchev–Trinajstić information content (AvgIpc) is 1.89. The zero-order chi connectivity index (χ0) is 6.95. The standard InChI is InChI=1S/C6H15NS2/c1-2-3-5-8-9-6-4-7/h2-7H2,1H3. The van der Waals surface area contributed by atoms with Crippen LogP contribution in [-0.2, 0) is 0 Å². The molecule has 0 unspecified atom stereocenters. The molecule has 0 aliphatic carbocycles. The number of hydrogen-bond acceptors (Lipinski definition) is 3. The summed E-state index contributed by atoms with van der Waals surface area (Å²) >= 11 is 0. The lowest BCUT2D eigenvalue weighted by molar-refractivity contribution is 0.898. The minimum atomic E-state index is 0.809.